The van der Waals surface area contributed by atoms with Crippen LogP contribution < -0.4 is 10.0 Å². The molecular formula is C22H20FN3O5S2. The van der Waals surface area contributed by atoms with Crippen LogP contribution in [0.3, 0.4) is 0 Å². The Morgan fingerprint density at radius 2 is 1.82 bits per heavy atom. The molecule has 0 bridgehead atoms. The van der Waals surface area contributed by atoms with Gasteiger partial charge in [-0.3, -0.25) is 14.9 Å². The number of hydrogen-bond acceptors (Lipinski definition) is 7. The minimum absolute atomic E-state index is 0.275. The zero-order valence-electron chi connectivity index (χ0n) is 17.4. The normalized spacial score (nSPS) is 11.5. The summed E-state index contributed by atoms with van der Waals surface area (Å²) in [6, 6.07) is 13.0. The number of rotatable bonds is 9. The van der Waals surface area contributed by atoms with Crippen molar-refractivity contribution in [2.24, 2.45) is 0 Å². The minimum atomic E-state index is -3.86. The van der Waals surface area contributed by atoms with Crippen molar-refractivity contribution in [3.05, 3.63) is 76.3 Å². The fourth-order valence-electron chi connectivity index (χ4n) is 2.49. The van der Waals surface area contributed by atoms with Gasteiger partial charge in [0.15, 0.2) is 11.7 Å². The Kier molecular flexibility index (Phi) is 8.04. The largest absolute Gasteiger partial charge is 0.455 e. The van der Waals surface area contributed by atoms with E-state index in [4.69, 9.17) is 4.74 Å². The molecule has 3 rings (SSSR count). The number of anilines is 1. The molecule has 33 heavy (non-hydrogen) atoms. The summed E-state index contributed by atoms with van der Waals surface area (Å²) < 4.78 is 43.8. The number of carbonyl (C=O) groups is 2. The maximum absolute atomic E-state index is 13.0. The number of ether oxygens (including phenoxy) is 1. The molecule has 0 aliphatic rings. The van der Waals surface area contributed by atoms with Crippen LogP contribution in [0.25, 0.3) is 17.3 Å². The zero-order valence-corrected chi connectivity index (χ0v) is 19.1. The van der Waals surface area contributed by atoms with E-state index in [9.17, 15) is 22.4 Å². The first-order valence-corrected chi connectivity index (χ1v) is 12.0. The minimum Gasteiger partial charge on any atom is -0.455 e. The van der Waals surface area contributed by atoms with E-state index in [1.807, 2.05) is 19.1 Å². The predicted molar refractivity (Wildman–Crippen MR) is 124 cm³/mol. The molecule has 3 aromatic rings. The molecule has 172 valence electrons. The van der Waals surface area contributed by atoms with Gasteiger partial charge in [-0.2, -0.15) is 0 Å². The van der Waals surface area contributed by atoms with Crippen molar-refractivity contribution in [3.63, 3.8) is 0 Å². The number of esters is 1. The summed E-state index contributed by atoms with van der Waals surface area (Å²) in [5, 5.41) is 5.39. The number of sulfonamides is 1. The highest BCUT2D eigenvalue weighted by Crippen LogP contribution is 2.24. The maximum Gasteiger partial charge on any atom is 0.321 e. The van der Waals surface area contributed by atoms with Gasteiger partial charge >= 0.3 is 5.97 Å². The summed E-state index contributed by atoms with van der Waals surface area (Å²) >= 11 is 1.15. The first-order chi connectivity index (χ1) is 15.7. The van der Waals surface area contributed by atoms with Crippen molar-refractivity contribution in [2.75, 3.05) is 18.5 Å². The van der Waals surface area contributed by atoms with Gasteiger partial charge < -0.3 is 4.74 Å². The first kappa shape index (κ1) is 24.2. The predicted octanol–water partition coefficient (Wildman–Crippen LogP) is 3.33. The maximum atomic E-state index is 13.0. The number of amides is 1. The van der Waals surface area contributed by atoms with Crippen LogP contribution in [0.1, 0.15) is 11.1 Å². The van der Waals surface area contributed by atoms with Crippen LogP contribution in [0.4, 0.5) is 9.52 Å². The van der Waals surface area contributed by atoms with Crippen LogP contribution in [0, 0.1) is 12.7 Å². The Labute approximate surface area is 194 Å². The quantitative estimate of drug-likeness (QED) is 0.446. The molecule has 0 spiro atoms. The van der Waals surface area contributed by atoms with Gasteiger partial charge in [-0.15, -0.1) is 11.3 Å². The Hall–Kier alpha value is -3.41. The molecule has 0 saturated heterocycles. The number of carbonyl (C=O) groups excluding carboxylic acids is 2. The van der Waals surface area contributed by atoms with Gasteiger partial charge in [0.2, 0.25) is 10.0 Å². The molecule has 0 aliphatic heterocycles. The van der Waals surface area contributed by atoms with Crippen LogP contribution >= 0.6 is 11.3 Å². The Morgan fingerprint density at radius 3 is 2.52 bits per heavy atom. The van der Waals surface area contributed by atoms with E-state index in [2.05, 4.69) is 15.0 Å². The number of benzene rings is 2. The Bertz CT molecular complexity index is 1250. The summed E-state index contributed by atoms with van der Waals surface area (Å²) in [6.45, 7) is 0.685. The molecule has 11 heteroatoms. The van der Waals surface area contributed by atoms with Gasteiger partial charge in [-0.1, -0.05) is 29.8 Å². The van der Waals surface area contributed by atoms with Crippen molar-refractivity contribution >= 4 is 44.4 Å². The van der Waals surface area contributed by atoms with Gasteiger partial charge in [0.05, 0.1) is 5.69 Å². The van der Waals surface area contributed by atoms with Gasteiger partial charge in [0, 0.05) is 16.4 Å². The van der Waals surface area contributed by atoms with Crippen molar-refractivity contribution in [1.29, 1.82) is 0 Å². The number of halogens is 1. The van der Waals surface area contributed by atoms with E-state index < -0.39 is 35.1 Å². The average Bonchev–Trinajstić information content (AvgIpc) is 3.25. The second kappa shape index (κ2) is 10.9. The molecule has 1 heterocycles. The highest BCUT2D eigenvalue weighted by atomic mass is 32.2. The molecule has 8 nitrogen and oxygen atoms in total. The number of aryl methyl sites for hydroxylation is 1. The van der Waals surface area contributed by atoms with E-state index in [0.717, 1.165) is 22.3 Å². The lowest BCUT2D eigenvalue weighted by Crippen LogP contribution is -2.31. The number of hydrogen-bond donors (Lipinski definition) is 2. The standard InChI is InChI=1S/C22H20FN3O5S2/c1-15-2-4-16(5-3-15)10-11-33(29,30)24-12-21(28)31-13-20(27)26-22-25-19(14-32-22)17-6-8-18(23)9-7-17/h2-11,14,24H,12-13H2,1H3,(H,25,26,27). The summed E-state index contributed by atoms with van der Waals surface area (Å²) in [4.78, 5) is 28.0. The van der Waals surface area contributed by atoms with Gasteiger partial charge in [0.1, 0.15) is 12.4 Å². The molecule has 1 amide bonds. The second-order valence-electron chi connectivity index (χ2n) is 6.83. The third-order valence-electron chi connectivity index (χ3n) is 4.19. The summed E-state index contributed by atoms with van der Waals surface area (Å²) in [5.74, 6) is -1.91. The number of thiazole rings is 1. The smallest absolute Gasteiger partial charge is 0.321 e. The van der Waals surface area contributed by atoms with Crippen molar-refractivity contribution in [1.82, 2.24) is 9.71 Å². The zero-order chi connectivity index (χ0) is 23.8. The Balaban J connectivity index is 1.42. The third kappa shape index (κ3) is 7.90. The lowest BCUT2D eigenvalue weighted by molar-refractivity contribution is -0.146. The fraction of sp³-hybridized carbons (Fsp3) is 0.136. The van der Waals surface area contributed by atoms with E-state index >= 15 is 0 Å². The number of aromatic nitrogens is 1. The van der Waals surface area contributed by atoms with Crippen LogP contribution in [0.15, 0.2) is 59.3 Å². The average molecular weight is 490 g/mol. The lowest BCUT2D eigenvalue weighted by atomic mass is 10.2. The van der Waals surface area contributed by atoms with Crippen LogP contribution in [-0.2, 0) is 24.3 Å². The second-order valence-corrected chi connectivity index (χ2v) is 9.34. The Morgan fingerprint density at radius 1 is 1.12 bits per heavy atom. The van der Waals surface area contributed by atoms with Crippen molar-refractivity contribution in [3.8, 4) is 11.3 Å². The first-order valence-electron chi connectivity index (χ1n) is 9.61. The van der Waals surface area contributed by atoms with E-state index in [1.165, 1.54) is 18.2 Å². The van der Waals surface area contributed by atoms with Crippen LogP contribution in [-0.4, -0.2) is 38.4 Å². The van der Waals surface area contributed by atoms with Crippen LogP contribution in [0.2, 0.25) is 0 Å². The van der Waals surface area contributed by atoms with Crippen LogP contribution in [0.5, 0.6) is 0 Å². The number of nitrogens with one attached hydrogen (secondary N) is 2. The molecule has 0 atom stereocenters. The monoisotopic (exact) mass is 489 g/mol. The highest BCUT2D eigenvalue weighted by molar-refractivity contribution is 7.92. The van der Waals surface area contributed by atoms with Gasteiger partial charge in [-0.05, 0) is 42.8 Å². The van der Waals surface area contributed by atoms with Crippen molar-refractivity contribution < 1.29 is 27.1 Å². The molecule has 0 fully saturated rings. The van der Waals surface area contributed by atoms with E-state index in [0.29, 0.717) is 16.8 Å². The molecule has 0 unspecified atom stereocenters. The summed E-state index contributed by atoms with van der Waals surface area (Å²) in [6.07, 6.45) is 1.40. The fourth-order valence-corrected chi connectivity index (χ4v) is 3.98. The third-order valence-corrected chi connectivity index (χ3v) is 5.99. The topological polar surface area (TPSA) is 114 Å². The van der Waals surface area contributed by atoms with Gasteiger partial charge in [-0.25, -0.2) is 22.5 Å². The van der Waals surface area contributed by atoms with E-state index in [1.54, 1.807) is 29.6 Å². The highest BCUT2D eigenvalue weighted by Gasteiger charge is 2.13. The molecule has 0 saturated carbocycles. The van der Waals surface area contributed by atoms with Crippen molar-refractivity contribution in [2.45, 2.75) is 6.92 Å². The molecule has 2 aromatic carbocycles. The van der Waals surface area contributed by atoms with Gasteiger partial charge in [0.25, 0.3) is 5.91 Å². The summed E-state index contributed by atoms with van der Waals surface area (Å²) in [7, 11) is -3.86. The molecule has 2 N–H and O–H groups in total. The molecule has 0 aliphatic carbocycles. The molecule has 0 radical (unpaired) electrons. The molecule has 1 aromatic heterocycles. The number of nitrogens with zero attached hydrogens (tertiary/aromatic N) is 1. The van der Waals surface area contributed by atoms with E-state index in [-0.39, 0.29) is 10.9 Å². The summed E-state index contributed by atoms with van der Waals surface area (Å²) in [5.41, 5.74) is 2.97. The molecular weight excluding hydrogens is 469 g/mol. The lowest BCUT2D eigenvalue weighted by Gasteiger charge is -2.05. The SMILES string of the molecule is Cc1ccc(C=CS(=O)(=O)NCC(=O)OCC(=O)Nc2nc(-c3ccc(F)cc3)cs2)cc1.